The van der Waals surface area contributed by atoms with Crippen molar-refractivity contribution in [2.24, 2.45) is 0 Å². The highest BCUT2D eigenvalue weighted by atomic mass is 35.5. The molecule has 2 aromatic rings. The number of benzene rings is 2. The smallest absolute Gasteiger partial charge is 0.243 e. The summed E-state index contributed by atoms with van der Waals surface area (Å²) in [6.45, 7) is 3.04. The normalized spacial score (nSPS) is 15.4. The molecule has 1 amide bonds. The molecule has 1 fully saturated rings. The van der Waals surface area contributed by atoms with Crippen molar-refractivity contribution in [2.45, 2.75) is 43.9 Å². The molecule has 1 aliphatic heterocycles. The number of halogens is 1. The number of hydrogen-bond acceptors (Lipinski definition) is 3. The van der Waals surface area contributed by atoms with Gasteiger partial charge >= 0.3 is 0 Å². The SMILES string of the molecule is Cc1c(Cl)cccc1NC(=O)CCc1ccc(S(=O)(=O)N2CCCCC2)cc1. The molecule has 7 heteroatoms. The van der Waals surface area contributed by atoms with Crippen molar-refractivity contribution in [3.8, 4) is 0 Å². The Morgan fingerprint density at radius 1 is 1.07 bits per heavy atom. The van der Waals surface area contributed by atoms with Gasteiger partial charge in [0, 0.05) is 30.2 Å². The summed E-state index contributed by atoms with van der Waals surface area (Å²) >= 11 is 6.07. The lowest BCUT2D eigenvalue weighted by Crippen LogP contribution is -2.35. The van der Waals surface area contributed by atoms with Gasteiger partial charge in [0.2, 0.25) is 15.9 Å². The molecule has 0 bridgehead atoms. The number of nitrogens with one attached hydrogen (secondary N) is 1. The Morgan fingerprint density at radius 2 is 1.75 bits per heavy atom. The fourth-order valence-corrected chi connectivity index (χ4v) is 4.99. The number of carbonyl (C=O) groups is 1. The number of sulfonamides is 1. The zero-order chi connectivity index (χ0) is 20.1. The summed E-state index contributed by atoms with van der Waals surface area (Å²) in [6.07, 6.45) is 3.76. The van der Waals surface area contributed by atoms with Gasteiger partial charge in [0.05, 0.1) is 4.90 Å². The van der Waals surface area contributed by atoms with E-state index < -0.39 is 10.0 Å². The average Bonchev–Trinajstić information content (AvgIpc) is 2.71. The molecule has 1 saturated heterocycles. The number of aryl methyl sites for hydroxylation is 1. The Balaban J connectivity index is 1.58. The maximum Gasteiger partial charge on any atom is 0.243 e. The molecule has 1 N–H and O–H groups in total. The minimum atomic E-state index is -3.42. The molecule has 0 unspecified atom stereocenters. The van der Waals surface area contributed by atoms with Gasteiger partial charge in [-0.15, -0.1) is 0 Å². The van der Waals surface area contributed by atoms with E-state index in [1.54, 1.807) is 40.7 Å². The van der Waals surface area contributed by atoms with Crippen molar-refractivity contribution < 1.29 is 13.2 Å². The van der Waals surface area contributed by atoms with Crippen molar-refractivity contribution in [1.29, 1.82) is 0 Å². The molecule has 0 saturated carbocycles. The largest absolute Gasteiger partial charge is 0.326 e. The van der Waals surface area contributed by atoms with Crippen LogP contribution in [-0.4, -0.2) is 31.7 Å². The van der Waals surface area contributed by atoms with Crippen LogP contribution in [0.2, 0.25) is 5.02 Å². The standard InChI is InChI=1S/C21H25ClN2O3S/c1-16-19(22)6-5-7-20(16)23-21(25)13-10-17-8-11-18(12-9-17)28(26,27)24-14-3-2-4-15-24/h5-9,11-12H,2-4,10,13-15H2,1H3,(H,23,25). The molecule has 0 atom stereocenters. The fraction of sp³-hybridized carbons (Fsp3) is 0.381. The molecular weight excluding hydrogens is 396 g/mol. The second-order valence-electron chi connectivity index (χ2n) is 7.07. The lowest BCUT2D eigenvalue weighted by atomic mass is 10.1. The average molecular weight is 421 g/mol. The molecule has 0 aromatic heterocycles. The Hall–Kier alpha value is -1.89. The first kappa shape index (κ1) is 20.8. The molecule has 0 radical (unpaired) electrons. The van der Waals surface area contributed by atoms with Crippen LogP contribution in [0.1, 0.15) is 36.8 Å². The van der Waals surface area contributed by atoms with Gasteiger partial charge in [-0.2, -0.15) is 4.31 Å². The van der Waals surface area contributed by atoms with E-state index in [1.165, 1.54) is 0 Å². The van der Waals surface area contributed by atoms with E-state index in [9.17, 15) is 13.2 Å². The van der Waals surface area contributed by atoms with E-state index in [0.29, 0.717) is 41.5 Å². The van der Waals surface area contributed by atoms with E-state index in [-0.39, 0.29) is 5.91 Å². The number of nitrogens with zero attached hydrogens (tertiary/aromatic N) is 1. The van der Waals surface area contributed by atoms with Gasteiger partial charge in [0.25, 0.3) is 0 Å². The molecular formula is C21H25ClN2O3S. The van der Waals surface area contributed by atoms with E-state index in [1.807, 2.05) is 13.0 Å². The Morgan fingerprint density at radius 3 is 2.43 bits per heavy atom. The maximum atomic E-state index is 12.7. The minimum absolute atomic E-state index is 0.101. The lowest BCUT2D eigenvalue weighted by Gasteiger charge is -2.25. The summed E-state index contributed by atoms with van der Waals surface area (Å²) in [4.78, 5) is 12.5. The predicted octanol–water partition coefficient (Wildman–Crippen LogP) is 4.39. The van der Waals surface area contributed by atoms with Gasteiger partial charge in [-0.1, -0.05) is 36.2 Å². The molecule has 0 aliphatic carbocycles. The summed E-state index contributed by atoms with van der Waals surface area (Å²) < 4.78 is 26.9. The number of amides is 1. The highest BCUT2D eigenvalue weighted by Gasteiger charge is 2.25. The number of rotatable bonds is 6. The molecule has 1 heterocycles. The Kier molecular flexibility index (Phi) is 6.75. The molecule has 1 aliphatic rings. The molecule has 2 aromatic carbocycles. The van der Waals surface area contributed by atoms with E-state index >= 15 is 0 Å². The zero-order valence-corrected chi connectivity index (χ0v) is 17.5. The highest BCUT2D eigenvalue weighted by molar-refractivity contribution is 7.89. The van der Waals surface area contributed by atoms with Crippen molar-refractivity contribution >= 4 is 33.2 Å². The van der Waals surface area contributed by atoms with Crippen molar-refractivity contribution in [1.82, 2.24) is 4.31 Å². The van der Waals surface area contributed by atoms with Crippen molar-refractivity contribution in [3.63, 3.8) is 0 Å². The number of carbonyl (C=O) groups excluding carboxylic acids is 1. The minimum Gasteiger partial charge on any atom is -0.326 e. The van der Waals surface area contributed by atoms with Crippen LogP contribution < -0.4 is 5.32 Å². The van der Waals surface area contributed by atoms with Crippen LogP contribution in [0.25, 0.3) is 0 Å². The first-order valence-corrected chi connectivity index (χ1v) is 11.3. The summed E-state index contributed by atoms with van der Waals surface area (Å²) in [5, 5.41) is 3.49. The van der Waals surface area contributed by atoms with Crippen LogP contribution in [-0.2, 0) is 21.2 Å². The first-order valence-electron chi connectivity index (χ1n) is 9.52. The lowest BCUT2D eigenvalue weighted by molar-refractivity contribution is -0.116. The Bertz CT molecular complexity index is 937. The summed E-state index contributed by atoms with van der Waals surface area (Å²) in [5.74, 6) is -0.101. The topological polar surface area (TPSA) is 66.5 Å². The van der Waals surface area contributed by atoms with Gasteiger partial charge in [0.1, 0.15) is 0 Å². The second kappa shape index (κ2) is 9.07. The summed E-state index contributed by atoms with van der Waals surface area (Å²) in [7, 11) is -3.42. The summed E-state index contributed by atoms with van der Waals surface area (Å²) in [6, 6.07) is 12.2. The summed E-state index contributed by atoms with van der Waals surface area (Å²) in [5.41, 5.74) is 2.47. The van der Waals surface area contributed by atoms with Crippen LogP contribution >= 0.6 is 11.6 Å². The van der Waals surface area contributed by atoms with Gasteiger partial charge in [-0.3, -0.25) is 4.79 Å². The zero-order valence-electron chi connectivity index (χ0n) is 15.9. The van der Waals surface area contributed by atoms with E-state index in [4.69, 9.17) is 11.6 Å². The first-order chi connectivity index (χ1) is 13.4. The molecule has 28 heavy (non-hydrogen) atoms. The Labute approximate surface area is 171 Å². The third-order valence-corrected chi connectivity index (χ3v) is 7.38. The van der Waals surface area contributed by atoms with E-state index in [0.717, 1.165) is 30.4 Å². The van der Waals surface area contributed by atoms with Gasteiger partial charge < -0.3 is 5.32 Å². The van der Waals surface area contributed by atoms with Gasteiger partial charge in [0.15, 0.2) is 0 Å². The van der Waals surface area contributed by atoms with Gasteiger partial charge in [-0.25, -0.2) is 8.42 Å². The molecule has 3 rings (SSSR count). The monoisotopic (exact) mass is 420 g/mol. The van der Waals surface area contributed by atoms with Crippen molar-refractivity contribution in [2.75, 3.05) is 18.4 Å². The second-order valence-corrected chi connectivity index (χ2v) is 9.41. The molecule has 5 nitrogen and oxygen atoms in total. The number of anilines is 1. The van der Waals surface area contributed by atoms with Gasteiger partial charge in [-0.05, 0) is 61.6 Å². The highest BCUT2D eigenvalue weighted by Crippen LogP contribution is 2.24. The van der Waals surface area contributed by atoms with Crippen LogP contribution in [0.15, 0.2) is 47.4 Å². The number of hydrogen-bond donors (Lipinski definition) is 1. The van der Waals surface area contributed by atoms with Crippen LogP contribution in [0, 0.1) is 6.92 Å². The fourth-order valence-electron chi connectivity index (χ4n) is 3.30. The number of piperidine rings is 1. The van der Waals surface area contributed by atoms with Crippen LogP contribution in [0.5, 0.6) is 0 Å². The van der Waals surface area contributed by atoms with Crippen LogP contribution in [0.4, 0.5) is 5.69 Å². The van der Waals surface area contributed by atoms with Crippen molar-refractivity contribution in [3.05, 3.63) is 58.6 Å². The predicted molar refractivity (Wildman–Crippen MR) is 112 cm³/mol. The third-order valence-electron chi connectivity index (χ3n) is 5.06. The molecule has 150 valence electrons. The van der Waals surface area contributed by atoms with E-state index in [2.05, 4.69) is 5.32 Å². The third kappa shape index (κ3) is 4.93. The quantitative estimate of drug-likeness (QED) is 0.753. The van der Waals surface area contributed by atoms with Crippen LogP contribution in [0.3, 0.4) is 0 Å². The maximum absolute atomic E-state index is 12.7. The molecule has 0 spiro atoms.